The molecule has 0 fully saturated rings. The Labute approximate surface area is 80.4 Å². The van der Waals surface area contributed by atoms with E-state index in [-0.39, 0.29) is 6.10 Å². The lowest BCUT2D eigenvalue weighted by Gasteiger charge is -2.18. The van der Waals surface area contributed by atoms with Crippen molar-refractivity contribution in [3.63, 3.8) is 0 Å². The summed E-state index contributed by atoms with van der Waals surface area (Å²) >= 11 is 0. The minimum atomic E-state index is -0.304. The second-order valence-electron chi connectivity index (χ2n) is 3.62. The third-order valence-corrected chi connectivity index (χ3v) is 2.42. The van der Waals surface area contributed by atoms with Gasteiger partial charge in [-0.15, -0.1) is 0 Å². The van der Waals surface area contributed by atoms with Crippen molar-refractivity contribution in [1.29, 1.82) is 0 Å². The summed E-state index contributed by atoms with van der Waals surface area (Å²) in [5.41, 5.74) is 1.03. The second-order valence-corrected chi connectivity index (χ2v) is 3.62. The van der Waals surface area contributed by atoms with Gasteiger partial charge in [-0.2, -0.15) is 0 Å². The Hall–Kier alpha value is -0.820. The Balaban J connectivity index is 2.62. The molecule has 1 nitrogen and oxygen atoms in total. The van der Waals surface area contributed by atoms with Gasteiger partial charge in [0, 0.05) is 0 Å². The minimum absolute atomic E-state index is 0.304. The van der Waals surface area contributed by atoms with Crippen LogP contribution in [0.1, 0.15) is 38.4 Å². The molecule has 0 saturated carbocycles. The van der Waals surface area contributed by atoms with Crippen molar-refractivity contribution in [2.45, 2.75) is 32.8 Å². The summed E-state index contributed by atoms with van der Waals surface area (Å²) < 4.78 is 0. The Morgan fingerprint density at radius 3 is 2.38 bits per heavy atom. The number of hydrogen-bond acceptors (Lipinski definition) is 1. The highest BCUT2D eigenvalue weighted by Crippen LogP contribution is 2.24. The van der Waals surface area contributed by atoms with E-state index in [1.807, 2.05) is 30.3 Å². The van der Waals surface area contributed by atoms with E-state index >= 15 is 0 Å². The molecule has 0 amide bonds. The molecule has 1 rings (SSSR count). The van der Waals surface area contributed by atoms with Gasteiger partial charge < -0.3 is 5.11 Å². The quantitative estimate of drug-likeness (QED) is 0.751. The summed E-state index contributed by atoms with van der Waals surface area (Å²) in [6.07, 6.45) is 1.90. The van der Waals surface area contributed by atoms with Gasteiger partial charge in [0.25, 0.3) is 0 Å². The Kier molecular flexibility index (Phi) is 3.97. The molecule has 1 heteroatoms. The summed E-state index contributed by atoms with van der Waals surface area (Å²) in [5.74, 6) is 0.354. The van der Waals surface area contributed by atoms with Crippen molar-refractivity contribution in [3.8, 4) is 0 Å². The summed E-state index contributed by atoms with van der Waals surface area (Å²) in [6.45, 7) is 4.25. The highest BCUT2D eigenvalue weighted by Gasteiger charge is 2.14. The van der Waals surface area contributed by atoms with Crippen LogP contribution in [0, 0.1) is 5.92 Å². The van der Waals surface area contributed by atoms with Crippen LogP contribution in [0.4, 0.5) is 0 Å². The van der Waals surface area contributed by atoms with E-state index in [4.69, 9.17) is 0 Å². The zero-order valence-corrected chi connectivity index (χ0v) is 8.40. The molecule has 0 aliphatic heterocycles. The maximum Gasteiger partial charge on any atom is 0.0815 e. The fourth-order valence-electron chi connectivity index (χ4n) is 1.59. The van der Waals surface area contributed by atoms with Gasteiger partial charge in [0.1, 0.15) is 0 Å². The van der Waals surface area contributed by atoms with Crippen molar-refractivity contribution >= 4 is 0 Å². The first kappa shape index (κ1) is 10.3. The van der Waals surface area contributed by atoms with E-state index in [1.54, 1.807) is 0 Å². The van der Waals surface area contributed by atoms with Crippen LogP contribution in [0.2, 0.25) is 0 Å². The van der Waals surface area contributed by atoms with E-state index in [2.05, 4.69) is 13.8 Å². The number of rotatable bonds is 4. The molecule has 1 aromatic carbocycles. The molecule has 0 saturated heterocycles. The van der Waals surface area contributed by atoms with Crippen molar-refractivity contribution in [2.24, 2.45) is 5.92 Å². The lowest BCUT2D eigenvalue weighted by atomic mass is 9.94. The zero-order valence-electron chi connectivity index (χ0n) is 8.40. The fourth-order valence-corrected chi connectivity index (χ4v) is 1.59. The number of aliphatic hydroxyl groups excluding tert-OH is 1. The Morgan fingerprint density at radius 2 is 1.85 bits per heavy atom. The van der Waals surface area contributed by atoms with Crippen molar-refractivity contribution in [1.82, 2.24) is 0 Å². The molecule has 72 valence electrons. The Bertz CT molecular complexity index is 230. The van der Waals surface area contributed by atoms with Crippen LogP contribution in [0.5, 0.6) is 0 Å². The number of benzene rings is 1. The third-order valence-electron chi connectivity index (χ3n) is 2.42. The largest absolute Gasteiger partial charge is 0.388 e. The standard InChI is InChI=1S/C12H18O/c1-3-7-10(2)12(13)11-8-5-4-6-9-11/h4-6,8-10,12-13H,3,7H2,1-2H3/t10-,12+/m1/s1. The molecule has 1 aromatic rings. The first-order valence-corrected chi connectivity index (χ1v) is 4.98. The topological polar surface area (TPSA) is 20.2 Å². The van der Waals surface area contributed by atoms with Gasteiger partial charge in [0.05, 0.1) is 6.10 Å². The van der Waals surface area contributed by atoms with Crippen LogP contribution in [0.25, 0.3) is 0 Å². The average Bonchev–Trinajstić information content (AvgIpc) is 2.18. The summed E-state index contributed by atoms with van der Waals surface area (Å²) in [5, 5.41) is 9.92. The molecule has 2 atom stereocenters. The van der Waals surface area contributed by atoms with Gasteiger partial charge in [-0.25, -0.2) is 0 Å². The second kappa shape index (κ2) is 5.03. The number of hydrogen-bond donors (Lipinski definition) is 1. The highest BCUT2D eigenvalue weighted by atomic mass is 16.3. The van der Waals surface area contributed by atoms with E-state index in [0.29, 0.717) is 5.92 Å². The molecule has 0 radical (unpaired) electrons. The van der Waals surface area contributed by atoms with Crippen molar-refractivity contribution < 1.29 is 5.11 Å². The molecule has 13 heavy (non-hydrogen) atoms. The maximum absolute atomic E-state index is 9.92. The van der Waals surface area contributed by atoms with E-state index < -0.39 is 0 Å². The lowest BCUT2D eigenvalue weighted by Crippen LogP contribution is -2.08. The van der Waals surface area contributed by atoms with Gasteiger partial charge in [-0.3, -0.25) is 0 Å². The molecule has 0 heterocycles. The Morgan fingerprint density at radius 1 is 1.23 bits per heavy atom. The molecule has 0 aromatic heterocycles. The lowest BCUT2D eigenvalue weighted by molar-refractivity contribution is 0.112. The average molecular weight is 178 g/mol. The van der Waals surface area contributed by atoms with Gasteiger partial charge in [-0.05, 0) is 17.9 Å². The molecule has 0 bridgehead atoms. The zero-order chi connectivity index (χ0) is 9.68. The predicted molar refractivity (Wildman–Crippen MR) is 55.5 cm³/mol. The molecular weight excluding hydrogens is 160 g/mol. The predicted octanol–water partition coefficient (Wildman–Crippen LogP) is 3.16. The fraction of sp³-hybridized carbons (Fsp3) is 0.500. The SMILES string of the molecule is CCC[C@@H](C)[C@H](O)c1ccccc1. The maximum atomic E-state index is 9.92. The summed E-state index contributed by atoms with van der Waals surface area (Å²) in [6, 6.07) is 9.88. The number of aliphatic hydroxyl groups is 1. The van der Waals surface area contributed by atoms with Crippen LogP contribution in [0.15, 0.2) is 30.3 Å². The van der Waals surface area contributed by atoms with E-state index in [0.717, 1.165) is 18.4 Å². The minimum Gasteiger partial charge on any atom is -0.388 e. The van der Waals surface area contributed by atoms with Gasteiger partial charge in [0.15, 0.2) is 0 Å². The third kappa shape index (κ3) is 2.85. The molecule has 0 aliphatic rings. The molecular formula is C12H18O. The monoisotopic (exact) mass is 178 g/mol. The highest BCUT2D eigenvalue weighted by molar-refractivity contribution is 5.17. The van der Waals surface area contributed by atoms with Crippen LogP contribution in [0.3, 0.4) is 0 Å². The van der Waals surface area contributed by atoms with E-state index in [9.17, 15) is 5.11 Å². The molecule has 1 N–H and O–H groups in total. The molecule has 0 spiro atoms. The van der Waals surface area contributed by atoms with E-state index in [1.165, 1.54) is 0 Å². The molecule has 0 unspecified atom stereocenters. The first-order valence-electron chi connectivity index (χ1n) is 4.98. The van der Waals surface area contributed by atoms with Gasteiger partial charge >= 0.3 is 0 Å². The van der Waals surface area contributed by atoms with Crippen LogP contribution >= 0.6 is 0 Å². The van der Waals surface area contributed by atoms with Gasteiger partial charge in [-0.1, -0.05) is 50.6 Å². The van der Waals surface area contributed by atoms with Gasteiger partial charge in [0.2, 0.25) is 0 Å². The van der Waals surface area contributed by atoms with Crippen molar-refractivity contribution in [3.05, 3.63) is 35.9 Å². The van der Waals surface area contributed by atoms with Crippen LogP contribution in [-0.2, 0) is 0 Å². The smallest absolute Gasteiger partial charge is 0.0815 e. The van der Waals surface area contributed by atoms with Crippen molar-refractivity contribution in [2.75, 3.05) is 0 Å². The van der Waals surface area contributed by atoms with Crippen LogP contribution in [-0.4, -0.2) is 5.11 Å². The summed E-state index contributed by atoms with van der Waals surface area (Å²) in [7, 11) is 0. The van der Waals surface area contributed by atoms with Crippen LogP contribution < -0.4 is 0 Å². The normalized spacial score (nSPS) is 15.3. The molecule has 0 aliphatic carbocycles. The summed E-state index contributed by atoms with van der Waals surface area (Å²) in [4.78, 5) is 0. The first-order chi connectivity index (χ1) is 6.25.